The summed E-state index contributed by atoms with van der Waals surface area (Å²) in [6.07, 6.45) is -12.9. The molecule has 0 aliphatic rings. The molecular weight excluding hydrogens is 608 g/mol. The summed E-state index contributed by atoms with van der Waals surface area (Å²) in [4.78, 5) is 12.8. The van der Waals surface area contributed by atoms with Crippen LogP contribution >= 0.6 is 0 Å². The first kappa shape index (κ1) is 41.2. The van der Waals surface area contributed by atoms with Gasteiger partial charge in [0.1, 0.15) is 42.3 Å². The second-order valence-electron chi connectivity index (χ2n) is 10.2. The van der Waals surface area contributed by atoms with Crippen LogP contribution in [0.1, 0.15) is 17.4 Å². The van der Waals surface area contributed by atoms with Crippen LogP contribution in [0.15, 0.2) is 6.20 Å². The van der Waals surface area contributed by atoms with Gasteiger partial charge < -0.3 is 70.0 Å². The number of Topliss-reactive ketones (excluding diaryl/α,β-unsaturated/α-hetero) is 1. The zero-order chi connectivity index (χ0) is 33.8. The molecule has 1 rings (SSSR count). The number of hydrogen-bond donors (Lipinski definition) is 10. The summed E-state index contributed by atoms with van der Waals surface area (Å²) >= 11 is 0. The van der Waals surface area contributed by atoms with Gasteiger partial charge in [-0.2, -0.15) is 0 Å². The number of aliphatic hydroxyl groups is 10. The largest absolute Gasteiger partial charge is 0.394 e. The van der Waals surface area contributed by atoms with Crippen LogP contribution in [0.25, 0.3) is 0 Å². The molecule has 45 heavy (non-hydrogen) atoms. The minimum atomic E-state index is -1.87. The van der Waals surface area contributed by atoms with Gasteiger partial charge in [-0.1, -0.05) is 5.21 Å². The highest BCUT2D eigenvalue weighted by Gasteiger charge is 2.34. The fourth-order valence-electron chi connectivity index (χ4n) is 3.93. The molecule has 264 valence electrons. The number of carbonyl (C=O) groups excluding carboxylic acids is 1. The van der Waals surface area contributed by atoms with Gasteiger partial charge in [0.05, 0.1) is 91.0 Å². The highest BCUT2D eigenvalue weighted by atomic mass is 16.6. The van der Waals surface area contributed by atoms with Crippen LogP contribution in [0.3, 0.4) is 0 Å². The van der Waals surface area contributed by atoms with Crippen molar-refractivity contribution in [3.05, 3.63) is 11.9 Å². The van der Waals surface area contributed by atoms with Crippen LogP contribution in [0.4, 0.5) is 0 Å². The molecule has 0 radical (unpaired) electrons. The number of aliphatic hydroxyl groups excluding tert-OH is 10. The lowest BCUT2D eigenvalue weighted by Crippen LogP contribution is -2.53. The smallest absolute Gasteiger partial charge is 0.179 e. The van der Waals surface area contributed by atoms with Gasteiger partial charge in [-0.25, -0.2) is 4.68 Å². The monoisotopic (exact) mass is 658 g/mol. The van der Waals surface area contributed by atoms with Gasteiger partial charge >= 0.3 is 0 Å². The van der Waals surface area contributed by atoms with Gasteiger partial charge in [-0.05, 0) is 0 Å². The van der Waals surface area contributed by atoms with Crippen LogP contribution in [0.5, 0.6) is 0 Å². The van der Waals surface area contributed by atoms with E-state index in [2.05, 4.69) is 10.3 Å². The third-order valence-corrected chi connectivity index (χ3v) is 6.64. The fourth-order valence-corrected chi connectivity index (χ4v) is 3.93. The first-order valence-corrected chi connectivity index (χ1v) is 14.5. The number of hydrogen-bond acceptors (Lipinski definition) is 18. The summed E-state index contributed by atoms with van der Waals surface area (Å²) in [6.45, 7) is 1.36. The number of carbonyl (C=O) groups is 1. The molecule has 0 aromatic carbocycles. The first-order valence-electron chi connectivity index (χ1n) is 14.5. The first-order chi connectivity index (χ1) is 21.4. The minimum absolute atomic E-state index is 0.0287. The molecular formula is C26H50N4O15. The van der Waals surface area contributed by atoms with E-state index >= 15 is 0 Å². The van der Waals surface area contributed by atoms with E-state index in [-0.39, 0.29) is 51.8 Å². The Morgan fingerprint density at radius 3 is 1.51 bits per heavy atom. The molecule has 0 aliphatic heterocycles. The Kier molecular flexibility index (Phi) is 21.5. The standard InChI is InChI=1S/C26H50N4O15/c1-17(33)18-12-27-28-30(18)3-5-43-7-9-45-11-10-44-8-6-42-4-2-29(13-19(34)23(38)25(40)21(36)15-31)14-20(35)24(39)26(41)22(37)16-32/h12,19-26,31-32,34-41H,2-11,13-16H2,1H3/t19-,20-,21+,22+,23+,24+,25+,26+/m0/s1. The molecule has 0 saturated carbocycles. The van der Waals surface area contributed by atoms with Crippen LogP contribution in [-0.4, -0.2) is 211 Å². The summed E-state index contributed by atoms with van der Waals surface area (Å²) in [6, 6.07) is 0. The number of aromatic nitrogens is 3. The van der Waals surface area contributed by atoms with Crippen LogP contribution < -0.4 is 0 Å². The Bertz CT molecular complexity index is 870. The molecule has 1 aromatic rings. The van der Waals surface area contributed by atoms with Crippen molar-refractivity contribution >= 4 is 5.78 Å². The zero-order valence-corrected chi connectivity index (χ0v) is 25.4. The molecule has 0 saturated heterocycles. The lowest BCUT2D eigenvalue weighted by molar-refractivity contribution is -0.131. The molecule has 0 amide bonds. The van der Waals surface area contributed by atoms with Gasteiger partial charge in [0.2, 0.25) is 0 Å². The van der Waals surface area contributed by atoms with E-state index < -0.39 is 62.0 Å². The molecule has 10 N–H and O–H groups in total. The fraction of sp³-hybridized carbons (Fsp3) is 0.885. The maximum absolute atomic E-state index is 11.4. The number of ether oxygens (including phenoxy) is 4. The summed E-state index contributed by atoms with van der Waals surface area (Å²) in [5, 5.41) is 105. The van der Waals surface area contributed by atoms with E-state index in [1.54, 1.807) is 0 Å². The van der Waals surface area contributed by atoms with Crippen molar-refractivity contribution in [1.82, 2.24) is 19.9 Å². The Balaban J connectivity index is 2.32. The van der Waals surface area contributed by atoms with Crippen LogP contribution in [0, 0.1) is 0 Å². The Morgan fingerprint density at radius 1 is 0.689 bits per heavy atom. The second kappa shape index (κ2) is 23.5. The van der Waals surface area contributed by atoms with Crippen molar-refractivity contribution in [3.63, 3.8) is 0 Å². The summed E-state index contributed by atoms with van der Waals surface area (Å²) < 4.78 is 23.2. The lowest BCUT2D eigenvalue weighted by atomic mass is 10.0. The van der Waals surface area contributed by atoms with Gasteiger partial charge in [-0.15, -0.1) is 5.10 Å². The SMILES string of the molecule is CC(=O)c1cnnn1CCOCCOCCOCCOCCN(C[C@H](O)[C@@H](O)[C@H](O)[C@H](O)CO)C[C@H](O)[C@@H](O)[C@H](O)[C@H](O)CO. The van der Waals surface area contributed by atoms with Gasteiger partial charge in [0.15, 0.2) is 5.78 Å². The highest BCUT2D eigenvalue weighted by molar-refractivity contribution is 5.91. The topological polar surface area (TPSA) is 290 Å². The van der Waals surface area contributed by atoms with E-state index in [9.17, 15) is 45.6 Å². The van der Waals surface area contributed by atoms with Crippen molar-refractivity contribution in [3.8, 4) is 0 Å². The van der Waals surface area contributed by atoms with E-state index in [1.807, 2.05) is 0 Å². The molecule has 0 unspecified atom stereocenters. The van der Waals surface area contributed by atoms with Crippen LogP contribution in [-0.2, 0) is 25.5 Å². The van der Waals surface area contributed by atoms with E-state index in [1.165, 1.54) is 22.7 Å². The third kappa shape index (κ3) is 16.0. The second-order valence-corrected chi connectivity index (χ2v) is 10.2. The number of rotatable bonds is 28. The minimum Gasteiger partial charge on any atom is -0.394 e. The quantitative estimate of drug-likeness (QED) is 0.0296. The average Bonchev–Trinajstić information content (AvgIpc) is 3.51. The van der Waals surface area contributed by atoms with Crippen molar-refractivity contribution in [2.75, 3.05) is 85.7 Å². The average molecular weight is 659 g/mol. The summed E-state index contributed by atoms with van der Waals surface area (Å²) in [7, 11) is 0. The molecule has 8 atom stereocenters. The normalized spacial score (nSPS) is 17.5. The molecule has 0 fully saturated rings. The van der Waals surface area contributed by atoms with Crippen molar-refractivity contribution in [2.24, 2.45) is 0 Å². The van der Waals surface area contributed by atoms with E-state index in [0.29, 0.717) is 38.7 Å². The Labute approximate surface area is 260 Å². The summed E-state index contributed by atoms with van der Waals surface area (Å²) in [5.41, 5.74) is 0.408. The molecule has 0 spiro atoms. The third-order valence-electron chi connectivity index (χ3n) is 6.64. The zero-order valence-electron chi connectivity index (χ0n) is 25.4. The van der Waals surface area contributed by atoms with Crippen molar-refractivity contribution < 1.29 is 74.8 Å². The molecule has 19 nitrogen and oxygen atoms in total. The molecule has 1 heterocycles. The molecule has 19 heteroatoms. The number of ketones is 1. The predicted octanol–water partition coefficient (Wildman–Crippen LogP) is -6.28. The highest BCUT2D eigenvalue weighted by Crippen LogP contribution is 2.11. The van der Waals surface area contributed by atoms with Gasteiger partial charge in [0.25, 0.3) is 0 Å². The predicted molar refractivity (Wildman–Crippen MR) is 152 cm³/mol. The van der Waals surface area contributed by atoms with E-state index in [4.69, 9.17) is 29.2 Å². The van der Waals surface area contributed by atoms with Gasteiger partial charge in [-0.3, -0.25) is 9.69 Å². The van der Waals surface area contributed by atoms with Gasteiger partial charge in [0, 0.05) is 26.6 Å². The maximum atomic E-state index is 11.4. The number of nitrogens with zero attached hydrogens (tertiary/aromatic N) is 4. The Morgan fingerprint density at radius 2 is 1.09 bits per heavy atom. The molecule has 0 aliphatic carbocycles. The lowest BCUT2D eigenvalue weighted by Gasteiger charge is -2.33. The maximum Gasteiger partial charge on any atom is 0.179 e. The summed E-state index contributed by atoms with van der Waals surface area (Å²) in [5.74, 6) is -0.133. The molecule has 0 bridgehead atoms. The molecule has 1 aromatic heterocycles. The van der Waals surface area contributed by atoms with E-state index in [0.717, 1.165) is 0 Å². The van der Waals surface area contributed by atoms with Crippen LogP contribution in [0.2, 0.25) is 0 Å². The Hall–Kier alpha value is -1.79. The van der Waals surface area contributed by atoms with Crippen molar-refractivity contribution in [1.29, 1.82) is 0 Å². The van der Waals surface area contributed by atoms with Crippen molar-refractivity contribution in [2.45, 2.75) is 62.3 Å².